The second-order valence-electron chi connectivity index (χ2n) is 3.74. The maximum atomic E-state index is 11.1. The summed E-state index contributed by atoms with van der Waals surface area (Å²) in [6.45, 7) is 1.53. The molecular formula is C11H22O5. The van der Waals surface area contributed by atoms with Gasteiger partial charge in [-0.05, 0) is 6.42 Å². The molecule has 0 fully saturated rings. The van der Waals surface area contributed by atoms with Crippen molar-refractivity contribution in [1.82, 2.24) is 0 Å². The van der Waals surface area contributed by atoms with Gasteiger partial charge in [-0.1, -0.05) is 32.6 Å². The van der Waals surface area contributed by atoms with Gasteiger partial charge in [0, 0.05) is 6.42 Å². The summed E-state index contributed by atoms with van der Waals surface area (Å²) in [5.74, 6) is -0.429. The van der Waals surface area contributed by atoms with E-state index >= 15 is 0 Å². The highest BCUT2D eigenvalue weighted by atomic mass is 17.2. The molecule has 16 heavy (non-hydrogen) atoms. The van der Waals surface area contributed by atoms with Gasteiger partial charge in [0.15, 0.2) is 0 Å². The molecule has 5 heteroatoms. The van der Waals surface area contributed by atoms with Gasteiger partial charge in [0.1, 0.15) is 12.7 Å². The predicted octanol–water partition coefficient (Wildman–Crippen LogP) is 1.17. The second kappa shape index (κ2) is 10.9. The zero-order chi connectivity index (χ0) is 12.2. The number of aliphatic hydroxyl groups excluding tert-OH is 2. The van der Waals surface area contributed by atoms with Gasteiger partial charge < -0.3 is 10.2 Å². The fourth-order valence-corrected chi connectivity index (χ4v) is 1.15. The van der Waals surface area contributed by atoms with Gasteiger partial charge >= 0.3 is 5.97 Å². The molecule has 5 nitrogen and oxygen atoms in total. The van der Waals surface area contributed by atoms with E-state index in [0.717, 1.165) is 19.3 Å². The van der Waals surface area contributed by atoms with E-state index in [1.54, 1.807) is 0 Å². The van der Waals surface area contributed by atoms with Crippen LogP contribution in [0.5, 0.6) is 0 Å². The third kappa shape index (κ3) is 9.89. The van der Waals surface area contributed by atoms with Crippen molar-refractivity contribution in [2.75, 3.05) is 13.2 Å². The van der Waals surface area contributed by atoms with Crippen molar-refractivity contribution < 1.29 is 24.8 Å². The molecule has 0 amide bonds. The molecular weight excluding hydrogens is 212 g/mol. The number of carbonyl (C=O) groups excluding carboxylic acids is 1. The summed E-state index contributed by atoms with van der Waals surface area (Å²) in [5.41, 5.74) is 0. The van der Waals surface area contributed by atoms with Crippen LogP contribution in [0.2, 0.25) is 0 Å². The normalized spacial score (nSPS) is 12.4. The summed E-state index contributed by atoms with van der Waals surface area (Å²) in [7, 11) is 0. The smallest absolute Gasteiger partial charge is 0.342 e. The first-order chi connectivity index (χ1) is 7.70. The van der Waals surface area contributed by atoms with Gasteiger partial charge in [0.2, 0.25) is 0 Å². The van der Waals surface area contributed by atoms with E-state index in [9.17, 15) is 4.79 Å². The van der Waals surface area contributed by atoms with Gasteiger partial charge in [0.25, 0.3) is 0 Å². The van der Waals surface area contributed by atoms with Crippen LogP contribution in [0.25, 0.3) is 0 Å². The quantitative estimate of drug-likeness (QED) is 0.337. The Bertz CT molecular complexity index is 172. The highest BCUT2D eigenvalue weighted by molar-refractivity contribution is 5.68. The van der Waals surface area contributed by atoms with Gasteiger partial charge in [-0.25, -0.2) is 4.79 Å². The topological polar surface area (TPSA) is 76.0 Å². The minimum absolute atomic E-state index is 0.196. The predicted molar refractivity (Wildman–Crippen MR) is 58.5 cm³/mol. The van der Waals surface area contributed by atoms with E-state index in [1.807, 2.05) is 0 Å². The maximum absolute atomic E-state index is 11.1. The molecule has 96 valence electrons. The molecule has 0 saturated carbocycles. The van der Waals surface area contributed by atoms with E-state index in [2.05, 4.69) is 16.7 Å². The summed E-state index contributed by atoms with van der Waals surface area (Å²) in [5, 5.41) is 17.3. The summed E-state index contributed by atoms with van der Waals surface area (Å²) >= 11 is 0. The van der Waals surface area contributed by atoms with Crippen LogP contribution in [0.1, 0.15) is 45.4 Å². The average molecular weight is 234 g/mol. The van der Waals surface area contributed by atoms with E-state index in [0.29, 0.717) is 6.42 Å². The lowest BCUT2D eigenvalue weighted by molar-refractivity contribution is -0.282. The van der Waals surface area contributed by atoms with E-state index in [4.69, 9.17) is 10.2 Å². The highest BCUT2D eigenvalue weighted by Gasteiger charge is 2.06. The third-order valence-corrected chi connectivity index (χ3v) is 2.11. The number of hydrogen-bond donors (Lipinski definition) is 2. The van der Waals surface area contributed by atoms with Crippen LogP contribution >= 0.6 is 0 Å². The standard InChI is InChI=1S/C11H22O5/c1-2-3-4-5-6-7-11(14)16-15-9-10(13)8-12/h10,12-13H,2-9H2,1H3. The first-order valence-corrected chi connectivity index (χ1v) is 5.82. The lowest BCUT2D eigenvalue weighted by Gasteiger charge is -2.06. The summed E-state index contributed by atoms with van der Waals surface area (Å²) < 4.78 is 0. The summed E-state index contributed by atoms with van der Waals surface area (Å²) in [6, 6.07) is 0. The second-order valence-corrected chi connectivity index (χ2v) is 3.74. The molecule has 0 aromatic heterocycles. The van der Waals surface area contributed by atoms with E-state index in [1.165, 1.54) is 12.8 Å². The van der Waals surface area contributed by atoms with Crippen LogP contribution in [-0.2, 0) is 14.6 Å². The van der Waals surface area contributed by atoms with Crippen LogP contribution in [0, 0.1) is 0 Å². The molecule has 0 aromatic rings. The van der Waals surface area contributed by atoms with Crippen LogP contribution < -0.4 is 0 Å². The molecule has 0 heterocycles. The molecule has 0 aromatic carbocycles. The molecule has 0 aliphatic rings. The van der Waals surface area contributed by atoms with Gasteiger partial charge in [-0.15, -0.1) is 0 Å². The zero-order valence-corrected chi connectivity index (χ0v) is 9.85. The van der Waals surface area contributed by atoms with Crippen LogP contribution in [0.4, 0.5) is 0 Å². The molecule has 0 rings (SSSR count). The Balaban J connectivity index is 3.24. The lowest BCUT2D eigenvalue weighted by Crippen LogP contribution is -2.20. The van der Waals surface area contributed by atoms with E-state index < -0.39 is 18.7 Å². The Kier molecular flexibility index (Phi) is 10.4. The Labute approximate surface area is 96.3 Å². The molecule has 0 radical (unpaired) electrons. The zero-order valence-electron chi connectivity index (χ0n) is 9.85. The van der Waals surface area contributed by atoms with Crippen LogP contribution in [-0.4, -0.2) is 35.5 Å². The van der Waals surface area contributed by atoms with Crippen molar-refractivity contribution in [3.8, 4) is 0 Å². The molecule has 2 N–H and O–H groups in total. The molecule has 0 bridgehead atoms. The van der Waals surface area contributed by atoms with Gasteiger partial charge in [0.05, 0.1) is 6.61 Å². The Morgan fingerprint density at radius 1 is 1.25 bits per heavy atom. The van der Waals surface area contributed by atoms with Crippen molar-refractivity contribution in [2.45, 2.75) is 51.6 Å². The number of unbranched alkanes of at least 4 members (excludes halogenated alkanes) is 4. The minimum Gasteiger partial charge on any atom is -0.394 e. The van der Waals surface area contributed by atoms with E-state index in [-0.39, 0.29) is 6.61 Å². The molecule has 0 aliphatic carbocycles. The van der Waals surface area contributed by atoms with Gasteiger partial charge in [-0.3, -0.25) is 4.89 Å². The van der Waals surface area contributed by atoms with Crippen molar-refractivity contribution in [3.63, 3.8) is 0 Å². The summed E-state index contributed by atoms with van der Waals surface area (Å²) in [4.78, 5) is 19.9. The van der Waals surface area contributed by atoms with Crippen molar-refractivity contribution in [3.05, 3.63) is 0 Å². The Hall–Kier alpha value is -0.650. The molecule has 1 unspecified atom stereocenters. The van der Waals surface area contributed by atoms with Gasteiger partial charge in [-0.2, -0.15) is 4.89 Å². The molecule has 1 atom stereocenters. The minimum atomic E-state index is -1.00. The Morgan fingerprint density at radius 3 is 2.56 bits per heavy atom. The highest BCUT2D eigenvalue weighted by Crippen LogP contribution is 2.05. The number of aliphatic hydroxyl groups is 2. The van der Waals surface area contributed by atoms with Crippen molar-refractivity contribution >= 4 is 5.97 Å². The largest absolute Gasteiger partial charge is 0.394 e. The number of rotatable bonds is 10. The fourth-order valence-electron chi connectivity index (χ4n) is 1.15. The molecule has 0 spiro atoms. The lowest BCUT2D eigenvalue weighted by atomic mass is 10.1. The Morgan fingerprint density at radius 2 is 1.94 bits per heavy atom. The number of carbonyl (C=O) groups is 1. The van der Waals surface area contributed by atoms with Crippen LogP contribution in [0.15, 0.2) is 0 Å². The maximum Gasteiger partial charge on any atom is 0.342 e. The summed E-state index contributed by atoms with van der Waals surface area (Å²) in [6.07, 6.45) is 4.64. The SMILES string of the molecule is CCCCCCCC(=O)OOCC(O)CO. The monoisotopic (exact) mass is 234 g/mol. The average Bonchev–Trinajstić information content (AvgIpc) is 2.28. The first-order valence-electron chi connectivity index (χ1n) is 5.82. The first kappa shape index (κ1) is 15.3. The fraction of sp³-hybridized carbons (Fsp3) is 0.909. The van der Waals surface area contributed by atoms with Crippen molar-refractivity contribution in [1.29, 1.82) is 0 Å². The third-order valence-electron chi connectivity index (χ3n) is 2.11. The van der Waals surface area contributed by atoms with Crippen molar-refractivity contribution in [2.24, 2.45) is 0 Å². The van der Waals surface area contributed by atoms with Crippen LogP contribution in [0.3, 0.4) is 0 Å². The number of hydrogen-bond acceptors (Lipinski definition) is 5. The molecule has 0 aliphatic heterocycles. The molecule has 0 saturated heterocycles.